The highest BCUT2D eigenvalue weighted by Crippen LogP contribution is 2.10. The molecular weight excluding hydrogens is 252 g/mol. The second-order valence-corrected chi connectivity index (χ2v) is 11.5. The van der Waals surface area contributed by atoms with Crippen molar-refractivity contribution >= 4 is 19.2 Å². The fourth-order valence-corrected chi connectivity index (χ4v) is 3.54. The molecule has 1 aromatic carbocycles. The summed E-state index contributed by atoms with van der Waals surface area (Å²) in [6.07, 6.45) is 0.919. The maximum absolute atomic E-state index is 11.8. The normalized spacial score (nSPS) is 20.1. The van der Waals surface area contributed by atoms with Gasteiger partial charge in [0.2, 0.25) is 5.91 Å². The molecule has 3 nitrogen and oxygen atoms in total. The number of carbonyl (C=O) groups excluding carboxylic acids is 1. The van der Waals surface area contributed by atoms with Crippen LogP contribution in [0.3, 0.4) is 0 Å². The summed E-state index contributed by atoms with van der Waals surface area (Å²) < 4.78 is 0. The predicted octanol–water partition coefficient (Wildman–Crippen LogP) is 1.55. The van der Waals surface area contributed by atoms with Crippen molar-refractivity contribution in [1.29, 1.82) is 0 Å². The average Bonchev–Trinajstić information content (AvgIpc) is 2.67. The molecule has 1 fully saturated rings. The monoisotopic (exact) mass is 276 g/mol. The number of likely N-dealkylation sites (N-methyl/N-ethyl adjacent to an activating group) is 1. The van der Waals surface area contributed by atoms with Gasteiger partial charge in [0, 0.05) is 20.1 Å². The molecular formula is C15H24N2OSi. The summed E-state index contributed by atoms with van der Waals surface area (Å²) in [5.74, 6) is 0.221. The zero-order chi connectivity index (χ0) is 14.0. The van der Waals surface area contributed by atoms with Crippen molar-refractivity contribution < 1.29 is 4.79 Å². The van der Waals surface area contributed by atoms with Gasteiger partial charge < -0.3 is 10.2 Å². The molecule has 0 radical (unpaired) electrons. The summed E-state index contributed by atoms with van der Waals surface area (Å²) in [6, 6.07) is 8.85. The molecule has 1 amide bonds. The quantitative estimate of drug-likeness (QED) is 0.846. The summed E-state index contributed by atoms with van der Waals surface area (Å²) in [5, 5.41) is 4.84. The van der Waals surface area contributed by atoms with Crippen molar-refractivity contribution in [2.75, 3.05) is 13.6 Å². The summed E-state index contributed by atoms with van der Waals surface area (Å²) in [4.78, 5) is 13.6. The van der Waals surface area contributed by atoms with Gasteiger partial charge in [-0.15, -0.1) is 0 Å². The van der Waals surface area contributed by atoms with Gasteiger partial charge in [-0.05, 0) is 12.0 Å². The molecule has 1 aromatic rings. The highest BCUT2D eigenvalue weighted by molar-refractivity contribution is 6.88. The number of rotatable bonds is 4. The van der Waals surface area contributed by atoms with Crippen LogP contribution in [0.1, 0.15) is 12.0 Å². The van der Waals surface area contributed by atoms with Gasteiger partial charge in [0.25, 0.3) is 0 Å². The Kier molecular flexibility index (Phi) is 4.11. The SMILES string of the molecule is CN1CCC(NCc2ccc([Si](C)(C)C)cc2)C1=O. The minimum absolute atomic E-state index is 0.00154. The highest BCUT2D eigenvalue weighted by Gasteiger charge is 2.28. The van der Waals surface area contributed by atoms with Crippen LogP contribution in [0.4, 0.5) is 0 Å². The Bertz CT molecular complexity index is 450. The number of likely N-dealkylation sites (tertiary alicyclic amines) is 1. The minimum atomic E-state index is -1.21. The van der Waals surface area contributed by atoms with E-state index in [1.165, 1.54) is 10.8 Å². The van der Waals surface area contributed by atoms with Crippen molar-refractivity contribution in [3.8, 4) is 0 Å². The molecule has 0 aliphatic carbocycles. The summed E-state index contributed by atoms with van der Waals surface area (Å²) >= 11 is 0. The Balaban J connectivity index is 1.92. The lowest BCUT2D eigenvalue weighted by Gasteiger charge is -2.17. The van der Waals surface area contributed by atoms with Crippen molar-refractivity contribution in [2.45, 2.75) is 38.6 Å². The average molecular weight is 276 g/mol. The molecule has 1 atom stereocenters. The molecule has 4 heteroatoms. The number of hydrogen-bond donors (Lipinski definition) is 1. The number of nitrogens with zero attached hydrogens (tertiary/aromatic N) is 1. The third-order valence-electron chi connectivity index (χ3n) is 3.80. The molecule has 0 saturated carbocycles. The van der Waals surface area contributed by atoms with Crippen molar-refractivity contribution in [3.63, 3.8) is 0 Å². The number of amides is 1. The van der Waals surface area contributed by atoms with E-state index < -0.39 is 8.07 Å². The van der Waals surface area contributed by atoms with Crippen LogP contribution in [-0.2, 0) is 11.3 Å². The van der Waals surface area contributed by atoms with Crippen molar-refractivity contribution in [3.05, 3.63) is 29.8 Å². The molecule has 1 heterocycles. The van der Waals surface area contributed by atoms with Gasteiger partial charge in [0.05, 0.1) is 14.1 Å². The Morgan fingerprint density at radius 3 is 2.37 bits per heavy atom. The van der Waals surface area contributed by atoms with Gasteiger partial charge >= 0.3 is 0 Å². The van der Waals surface area contributed by atoms with Crippen LogP contribution in [0.15, 0.2) is 24.3 Å². The molecule has 0 spiro atoms. The van der Waals surface area contributed by atoms with Crippen LogP contribution in [0.2, 0.25) is 19.6 Å². The smallest absolute Gasteiger partial charge is 0.239 e. The molecule has 1 aliphatic rings. The van der Waals surface area contributed by atoms with Crippen LogP contribution < -0.4 is 10.5 Å². The third kappa shape index (κ3) is 3.45. The fourth-order valence-electron chi connectivity index (χ4n) is 2.38. The topological polar surface area (TPSA) is 32.3 Å². The zero-order valence-electron chi connectivity index (χ0n) is 12.4. The number of benzene rings is 1. The largest absolute Gasteiger partial charge is 0.344 e. The molecule has 0 bridgehead atoms. The first-order chi connectivity index (χ1) is 8.88. The van der Waals surface area contributed by atoms with Gasteiger partial charge in [-0.25, -0.2) is 0 Å². The molecule has 1 saturated heterocycles. The van der Waals surface area contributed by atoms with E-state index >= 15 is 0 Å². The van der Waals surface area contributed by atoms with Crippen LogP contribution >= 0.6 is 0 Å². The van der Waals surface area contributed by atoms with E-state index in [1.54, 1.807) is 4.90 Å². The summed E-state index contributed by atoms with van der Waals surface area (Å²) in [5.41, 5.74) is 1.25. The van der Waals surface area contributed by atoms with E-state index in [0.717, 1.165) is 19.5 Å². The number of hydrogen-bond acceptors (Lipinski definition) is 2. The third-order valence-corrected chi connectivity index (χ3v) is 5.87. The maximum Gasteiger partial charge on any atom is 0.239 e. The highest BCUT2D eigenvalue weighted by atomic mass is 28.3. The van der Waals surface area contributed by atoms with E-state index in [4.69, 9.17) is 0 Å². The van der Waals surface area contributed by atoms with Gasteiger partial charge in [-0.3, -0.25) is 4.79 Å². The fraction of sp³-hybridized carbons (Fsp3) is 0.533. The summed E-state index contributed by atoms with van der Waals surface area (Å²) in [6.45, 7) is 8.70. The Hall–Kier alpha value is -1.13. The van der Waals surface area contributed by atoms with Gasteiger partial charge in [-0.1, -0.05) is 49.1 Å². The first-order valence-electron chi connectivity index (χ1n) is 6.96. The van der Waals surface area contributed by atoms with Crippen LogP contribution in [0.25, 0.3) is 0 Å². The van der Waals surface area contributed by atoms with Crippen molar-refractivity contribution in [2.24, 2.45) is 0 Å². The minimum Gasteiger partial charge on any atom is -0.344 e. The molecule has 2 rings (SSSR count). The first kappa shape index (κ1) is 14.3. The zero-order valence-corrected chi connectivity index (χ0v) is 13.4. The molecule has 19 heavy (non-hydrogen) atoms. The van der Waals surface area contributed by atoms with Crippen molar-refractivity contribution in [1.82, 2.24) is 10.2 Å². The Morgan fingerprint density at radius 2 is 1.89 bits per heavy atom. The van der Waals surface area contributed by atoms with E-state index in [9.17, 15) is 4.79 Å². The second-order valence-electron chi connectivity index (χ2n) is 6.43. The standard InChI is InChI=1S/C15H24N2OSi/c1-17-10-9-14(15(17)18)16-11-12-5-7-13(8-6-12)19(2,3)4/h5-8,14,16H,9-11H2,1-4H3. The van der Waals surface area contributed by atoms with E-state index in [2.05, 4.69) is 49.2 Å². The van der Waals surface area contributed by atoms with Gasteiger partial charge in [0.1, 0.15) is 0 Å². The molecule has 1 aliphatic heterocycles. The van der Waals surface area contributed by atoms with E-state index in [1.807, 2.05) is 7.05 Å². The number of nitrogens with one attached hydrogen (secondary N) is 1. The Morgan fingerprint density at radius 1 is 1.26 bits per heavy atom. The lowest BCUT2D eigenvalue weighted by Crippen LogP contribution is -2.38. The first-order valence-corrected chi connectivity index (χ1v) is 10.5. The summed E-state index contributed by atoms with van der Waals surface area (Å²) in [7, 11) is 0.662. The molecule has 1 N–H and O–H groups in total. The molecule has 104 valence electrons. The van der Waals surface area contributed by atoms with Crippen LogP contribution in [0.5, 0.6) is 0 Å². The lowest BCUT2D eigenvalue weighted by atomic mass is 10.2. The predicted molar refractivity (Wildman–Crippen MR) is 82.3 cm³/mol. The van der Waals surface area contributed by atoms with E-state index in [0.29, 0.717) is 0 Å². The molecule has 0 aromatic heterocycles. The second kappa shape index (κ2) is 5.47. The van der Waals surface area contributed by atoms with Gasteiger partial charge in [-0.2, -0.15) is 0 Å². The van der Waals surface area contributed by atoms with Gasteiger partial charge in [0.15, 0.2) is 0 Å². The Labute approximate surface area is 117 Å². The number of carbonyl (C=O) groups is 1. The van der Waals surface area contributed by atoms with Crippen LogP contribution in [-0.4, -0.2) is 38.5 Å². The van der Waals surface area contributed by atoms with E-state index in [-0.39, 0.29) is 11.9 Å². The maximum atomic E-state index is 11.8. The van der Waals surface area contributed by atoms with Crippen LogP contribution in [0, 0.1) is 0 Å². The lowest BCUT2D eigenvalue weighted by molar-refractivity contribution is -0.128. The molecule has 1 unspecified atom stereocenters.